The number of carbonyl (C=O) groups is 1. The van der Waals surface area contributed by atoms with Crippen molar-refractivity contribution in [3.05, 3.63) is 44.9 Å². The van der Waals surface area contributed by atoms with Gasteiger partial charge in [0.2, 0.25) is 5.91 Å². The number of rotatable bonds is 6. The van der Waals surface area contributed by atoms with E-state index >= 15 is 0 Å². The molecule has 0 atom stereocenters. The van der Waals surface area contributed by atoms with Gasteiger partial charge < -0.3 is 10.1 Å². The molecule has 1 aromatic carbocycles. The maximum Gasteiger partial charge on any atom is 0.227 e. The van der Waals surface area contributed by atoms with Crippen molar-refractivity contribution in [1.82, 2.24) is 10.3 Å². The number of ether oxygens (including phenoxy) is 1. The highest BCUT2D eigenvalue weighted by Crippen LogP contribution is 2.25. The second-order valence-electron chi connectivity index (χ2n) is 4.24. The van der Waals surface area contributed by atoms with E-state index < -0.39 is 0 Å². The molecule has 1 N–H and O–H groups in total. The lowest BCUT2D eigenvalue weighted by Gasteiger charge is -2.11. The van der Waals surface area contributed by atoms with Gasteiger partial charge in [0.05, 0.1) is 25.1 Å². The summed E-state index contributed by atoms with van der Waals surface area (Å²) in [5.41, 5.74) is 1.55. The van der Waals surface area contributed by atoms with Crippen molar-refractivity contribution in [2.75, 3.05) is 7.11 Å². The van der Waals surface area contributed by atoms with Gasteiger partial charge in [-0.2, -0.15) is 0 Å². The maximum atomic E-state index is 11.9. The van der Waals surface area contributed by atoms with E-state index in [1.165, 1.54) is 11.3 Å². The van der Waals surface area contributed by atoms with Crippen LogP contribution in [0.4, 0.5) is 0 Å². The second kappa shape index (κ2) is 7.64. The van der Waals surface area contributed by atoms with Crippen molar-refractivity contribution in [3.8, 4) is 5.75 Å². The minimum atomic E-state index is -0.118. The van der Waals surface area contributed by atoms with Crippen molar-refractivity contribution in [1.29, 1.82) is 0 Å². The zero-order valence-corrected chi connectivity index (χ0v) is 13.7. The topological polar surface area (TPSA) is 51.2 Å². The fourth-order valence-electron chi connectivity index (χ4n) is 1.78. The molecule has 2 aromatic rings. The smallest absolute Gasteiger partial charge is 0.227 e. The lowest BCUT2D eigenvalue weighted by Crippen LogP contribution is -2.25. The van der Waals surface area contributed by atoms with Crippen LogP contribution < -0.4 is 10.1 Å². The molecule has 0 unspecified atom stereocenters. The number of nitrogens with one attached hydrogen (secondary N) is 1. The number of benzene rings is 1. The normalized spacial score (nSPS) is 10.4. The summed E-state index contributed by atoms with van der Waals surface area (Å²) in [7, 11) is 1.57. The molecule has 0 saturated carbocycles. The zero-order valence-electron chi connectivity index (χ0n) is 11.4. The first kappa shape index (κ1) is 16.1. The quantitative estimate of drug-likeness (QED) is 0.817. The van der Waals surface area contributed by atoms with Crippen molar-refractivity contribution in [3.63, 3.8) is 0 Å². The molecule has 0 saturated heterocycles. The second-order valence-corrected chi connectivity index (χ2v) is 5.86. The van der Waals surface area contributed by atoms with E-state index in [2.05, 4.69) is 10.3 Å². The minimum absolute atomic E-state index is 0.118. The van der Waals surface area contributed by atoms with Crippen LogP contribution >= 0.6 is 34.5 Å². The van der Waals surface area contributed by atoms with Gasteiger partial charge in [-0.3, -0.25) is 4.79 Å². The standard InChI is InChI=1S/C14H14Cl2N2O2S/c1-20-12-4-2-3-11(16)10(12)7-17-13(19)5-14-18-9(6-15)8-21-14/h2-4,8H,5-7H2,1H3,(H,17,19). The van der Waals surface area contributed by atoms with E-state index in [0.29, 0.717) is 23.2 Å². The number of carbonyl (C=O) groups excluding carboxylic acids is 1. The molecule has 0 aliphatic heterocycles. The molecule has 4 nitrogen and oxygen atoms in total. The number of aromatic nitrogens is 1. The number of hydrogen-bond donors (Lipinski definition) is 1. The first-order valence-corrected chi connectivity index (χ1v) is 8.00. The van der Waals surface area contributed by atoms with Crippen molar-refractivity contribution < 1.29 is 9.53 Å². The van der Waals surface area contributed by atoms with Crippen LogP contribution in [0.15, 0.2) is 23.6 Å². The summed E-state index contributed by atoms with van der Waals surface area (Å²) in [5.74, 6) is 0.892. The molecule has 0 fully saturated rings. The number of hydrogen-bond acceptors (Lipinski definition) is 4. The summed E-state index contributed by atoms with van der Waals surface area (Å²) in [4.78, 5) is 16.2. The molecular formula is C14H14Cl2N2O2S. The molecule has 7 heteroatoms. The number of nitrogens with zero attached hydrogens (tertiary/aromatic N) is 1. The predicted molar refractivity (Wildman–Crippen MR) is 85.2 cm³/mol. The lowest BCUT2D eigenvalue weighted by atomic mass is 10.2. The molecule has 0 bridgehead atoms. The molecule has 21 heavy (non-hydrogen) atoms. The van der Waals surface area contributed by atoms with Crippen LogP contribution in [0.5, 0.6) is 5.75 Å². The van der Waals surface area contributed by atoms with E-state index in [-0.39, 0.29) is 12.3 Å². The Morgan fingerprint density at radius 2 is 2.29 bits per heavy atom. The number of amides is 1. The van der Waals surface area contributed by atoms with E-state index in [4.69, 9.17) is 27.9 Å². The Morgan fingerprint density at radius 1 is 1.48 bits per heavy atom. The SMILES string of the molecule is COc1cccc(Cl)c1CNC(=O)Cc1nc(CCl)cs1. The molecule has 0 spiro atoms. The first-order valence-electron chi connectivity index (χ1n) is 6.21. The van der Waals surface area contributed by atoms with Gasteiger partial charge in [-0.05, 0) is 12.1 Å². The van der Waals surface area contributed by atoms with E-state index in [9.17, 15) is 4.79 Å². The summed E-state index contributed by atoms with van der Waals surface area (Å²) in [6, 6.07) is 5.37. The zero-order chi connectivity index (χ0) is 15.2. The minimum Gasteiger partial charge on any atom is -0.496 e. The molecule has 0 radical (unpaired) electrons. The lowest BCUT2D eigenvalue weighted by molar-refractivity contribution is -0.120. The average Bonchev–Trinajstić information content (AvgIpc) is 2.93. The fraction of sp³-hybridized carbons (Fsp3) is 0.286. The Bertz CT molecular complexity index is 631. The third-order valence-corrected chi connectivity index (χ3v) is 4.33. The Morgan fingerprint density at radius 3 is 2.95 bits per heavy atom. The van der Waals surface area contributed by atoms with Crippen LogP contribution in [0.1, 0.15) is 16.3 Å². The van der Waals surface area contributed by atoms with Gasteiger partial charge in [0.1, 0.15) is 10.8 Å². The van der Waals surface area contributed by atoms with Crippen LogP contribution in [0.25, 0.3) is 0 Å². The summed E-state index contributed by atoms with van der Waals surface area (Å²) < 4.78 is 5.23. The van der Waals surface area contributed by atoms with Crippen molar-refractivity contribution in [2.24, 2.45) is 0 Å². The number of alkyl halides is 1. The van der Waals surface area contributed by atoms with E-state index in [0.717, 1.165) is 16.3 Å². The van der Waals surface area contributed by atoms with Gasteiger partial charge >= 0.3 is 0 Å². The van der Waals surface area contributed by atoms with E-state index in [1.807, 2.05) is 5.38 Å². The summed E-state index contributed by atoms with van der Waals surface area (Å²) >= 11 is 13.2. The number of thiazole rings is 1. The predicted octanol–water partition coefficient (Wildman–Crippen LogP) is 3.40. The molecule has 0 aliphatic rings. The molecule has 1 aromatic heterocycles. The summed E-state index contributed by atoms with van der Waals surface area (Å²) in [6.45, 7) is 0.315. The number of methoxy groups -OCH3 is 1. The van der Waals surface area contributed by atoms with E-state index in [1.54, 1.807) is 25.3 Å². The molecular weight excluding hydrogens is 331 g/mol. The largest absolute Gasteiger partial charge is 0.496 e. The third-order valence-electron chi connectivity index (χ3n) is 2.81. The first-order chi connectivity index (χ1) is 10.1. The Balaban J connectivity index is 1.95. The highest BCUT2D eigenvalue weighted by atomic mass is 35.5. The monoisotopic (exact) mass is 344 g/mol. The fourth-order valence-corrected chi connectivity index (χ4v) is 3.03. The highest BCUT2D eigenvalue weighted by Gasteiger charge is 2.11. The molecule has 1 amide bonds. The molecule has 2 rings (SSSR count). The summed E-state index contributed by atoms with van der Waals surface area (Å²) in [5, 5.41) is 5.98. The van der Waals surface area contributed by atoms with Crippen LogP contribution in [-0.2, 0) is 23.6 Å². The average molecular weight is 345 g/mol. The van der Waals surface area contributed by atoms with Crippen molar-refractivity contribution >= 4 is 40.4 Å². The molecule has 0 aliphatic carbocycles. The summed E-state index contributed by atoms with van der Waals surface area (Å²) in [6.07, 6.45) is 0.230. The Kier molecular flexibility index (Phi) is 5.85. The molecule has 112 valence electrons. The van der Waals surface area contributed by atoms with Crippen LogP contribution in [-0.4, -0.2) is 18.0 Å². The van der Waals surface area contributed by atoms with Gasteiger partial charge in [-0.1, -0.05) is 17.7 Å². The van der Waals surface area contributed by atoms with Gasteiger partial charge in [0.25, 0.3) is 0 Å². The Hall–Kier alpha value is -1.30. The maximum absolute atomic E-state index is 11.9. The van der Waals surface area contributed by atoms with Crippen LogP contribution in [0.3, 0.4) is 0 Å². The highest BCUT2D eigenvalue weighted by molar-refractivity contribution is 7.09. The third kappa shape index (κ3) is 4.33. The van der Waals surface area contributed by atoms with Crippen LogP contribution in [0.2, 0.25) is 5.02 Å². The van der Waals surface area contributed by atoms with Gasteiger partial charge in [0, 0.05) is 22.5 Å². The Labute approximate surface area is 137 Å². The van der Waals surface area contributed by atoms with Crippen molar-refractivity contribution in [2.45, 2.75) is 18.8 Å². The number of halogens is 2. The molecule has 1 heterocycles. The van der Waals surface area contributed by atoms with Crippen LogP contribution in [0, 0.1) is 0 Å². The van der Waals surface area contributed by atoms with Gasteiger partial charge in [0.15, 0.2) is 0 Å². The van der Waals surface area contributed by atoms with Gasteiger partial charge in [-0.15, -0.1) is 22.9 Å². The van der Waals surface area contributed by atoms with Gasteiger partial charge in [-0.25, -0.2) is 4.98 Å².